The van der Waals surface area contributed by atoms with Crippen LogP contribution in [0.15, 0.2) is 36.5 Å². The van der Waals surface area contributed by atoms with E-state index in [0.717, 1.165) is 16.7 Å². The lowest BCUT2D eigenvalue weighted by Crippen LogP contribution is -2.12. The molecule has 0 aliphatic heterocycles. The maximum atomic E-state index is 12.2. The Morgan fingerprint density at radius 2 is 2.24 bits per heavy atom. The highest BCUT2D eigenvalue weighted by molar-refractivity contribution is 6.05. The molecule has 3 aromatic rings. The van der Waals surface area contributed by atoms with E-state index in [-0.39, 0.29) is 5.91 Å². The number of nitrogens with one attached hydrogen (secondary N) is 2. The Balaban J connectivity index is 1.84. The molecule has 0 atom stereocenters. The number of nitrogens with zero attached hydrogens (tertiary/aromatic N) is 2. The summed E-state index contributed by atoms with van der Waals surface area (Å²) in [7, 11) is 1.80. The number of rotatable bonds is 4. The molecule has 108 valence electrons. The lowest BCUT2D eigenvalue weighted by atomic mass is 10.2. The molecule has 0 fully saturated rings. The smallest absolute Gasteiger partial charge is 0.273 e. The average Bonchev–Trinajstić information content (AvgIpc) is 3.05. The molecule has 2 aromatic heterocycles. The van der Waals surface area contributed by atoms with Crippen molar-refractivity contribution < 1.29 is 9.53 Å². The highest BCUT2D eigenvalue weighted by atomic mass is 16.5. The molecule has 0 radical (unpaired) electrons. The fraction of sp³-hybridized carbons (Fsp3) is 0.200. The average molecular weight is 284 g/mol. The van der Waals surface area contributed by atoms with Gasteiger partial charge in [0.2, 0.25) is 0 Å². The molecule has 2 heterocycles. The Morgan fingerprint density at radius 3 is 2.95 bits per heavy atom. The minimum absolute atomic E-state index is 0.220. The number of anilines is 1. The summed E-state index contributed by atoms with van der Waals surface area (Å²) in [6, 6.07) is 9.25. The molecular formula is C15H16N4O2. The van der Waals surface area contributed by atoms with Gasteiger partial charge in [-0.25, -0.2) is 0 Å². The van der Waals surface area contributed by atoms with Crippen LogP contribution in [-0.4, -0.2) is 27.3 Å². The summed E-state index contributed by atoms with van der Waals surface area (Å²) in [6.45, 7) is 2.55. The molecule has 0 saturated carbocycles. The van der Waals surface area contributed by atoms with Gasteiger partial charge in [0, 0.05) is 36.3 Å². The third-order valence-corrected chi connectivity index (χ3v) is 3.10. The number of amides is 1. The monoisotopic (exact) mass is 284 g/mol. The van der Waals surface area contributed by atoms with Crippen LogP contribution < -0.4 is 10.1 Å². The molecule has 0 aliphatic rings. The predicted octanol–water partition coefficient (Wildman–Crippen LogP) is 2.55. The lowest BCUT2D eigenvalue weighted by molar-refractivity contribution is 0.102. The first-order valence-electron chi connectivity index (χ1n) is 6.72. The van der Waals surface area contributed by atoms with E-state index in [1.165, 1.54) is 0 Å². The van der Waals surface area contributed by atoms with Gasteiger partial charge in [-0.15, -0.1) is 0 Å². The van der Waals surface area contributed by atoms with Gasteiger partial charge >= 0.3 is 0 Å². The van der Waals surface area contributed by atoms with Crippen LogP contribution in [-0.2, 0) is 7.05 Å². The summed E-state index contributed by atoms with van der Waals surface area (Å²) in [5.74, 6) is 1.09. The Hall–Kier alpha value is -2.76. The van der Waals surface area contributed by atoms with Crippen LogP contribution >= 0.6 is 0 Å². The molecule has 0 saturated heterocycles. The second-order valence-electron chi connectivity index (χ2n) is 4.69. The molecule has 1 amide bonds. The number of aromatic nitrogens is 3. The van der Waals surface area contributed by atoms with Gasteiger partial charge in [-0.1, -0.05) is 0 Å². The maximum absolute atomic E-state index is 12.2. The van der Waals surface area contributed by atoms with Crippen molar-refractivity contribution in [3.8, 4) is 5.75 Å². The summed E-state index contributed by atoms with van der Waals surface area (Å²) in [5, 5.41) is 7.83. The summed E-state index contributed by atoms with van der Waals surface area (Å²) < 4.78 is 7.08. The van der Waals surface area contributed by atoms with E-state index in [1.807, 2.05) is 31.2 Å². The van der Waals surface area contributed by atoms with Gasteiger partial charge in [-0.05, 0) is 25.1 Å². The molecule has 0 bridgehead atoms. The summed E-state index contributed by atoms with van der Waals surface area (Å²) >= 11 is 0. The van der Waals surface area contributed by atoms with Crippen molar-refractivity contribution in [3.63, 3.8) is 0 Å². The third kappa shape index (κ3) is 2.74. The Morgan fingerprint density at radius 1 is 1.38 bits per heavy atom. The Kier molecular flexibility index (Phi) is 3.35. The number of carbonyl (C=O) groups is 1. The second kappa shape index (κ2) is 5.32. The lowest BCUT2D eigenvalue weighted by Gasteiger charge is -2.01. The number of aryl methyl sites for hydroxylation is 1. The van der Waals surface area contributed by atoms with Crippen molar-refractivity contribution in [3.05, 3.63) is 42.2 Å². The van der Waals surface area contributed by atoms with E-state index in [4.69, 9.17) is 4.74 Å². The molecule has 6 nitrogen and oxygen atoms in total. The topological polar surface area (TPSA) is 71.9 Å². The van der Waals surface area contributed by atoms with E-state index in [1.54, 1.807) is 24.0 Å². The largest absolute Gasteiger partial charge is 0.494 e. The fourth-order valence-electron chi connectivity index (χ4n) is 2.15. The molecule has 1 aromatic carbocycles. The normalized spacial score (nSPS) is 10.8. The standard InChI is InChI=1S/C15H16N4O2/c1-3-21-11-5-4-10-8-13(16-12(10)9-11)15(20)17-14-6-7-19(2)18-14/h4-9,16H,3H2,1-2H3,(H,17,18,20). The SMILES string of the molecule is CCOc1ccc2cc(C(=O)Nc3ccn(C)n3)[nH]c2c1. The number of H-pyrrole nitrogens is 1. The summed E-state index contributed by atoms with van der Waals surface area (Å²) in [4.78, 5) is 15.3. The van der Waals surface area contributed by atoms with E-state index in [0.29, 0.717) is 18.1 Å². The quantitative estimate of drug-likeness (QED) is 0.773. The van der Waals surface area contributed by atoms with Crippen LogP contribution in [0.3, 0.4) is 0 Å². The van der Waals surface area contributed by atoms with Gasteiger partial charge in [-0.2, -0.15) is 5.10 Å². The molecule has 21 heavy (non-hydrogen) atoms. The van der Waals surface area contributed by atoms with Crippen molar-refractivity contribution in [2.75, 3.05) is 11.9 Å². The molecule has 0 unspecified atom stereocenters. The van der Waals surface area contributed by atoms with Gasteiger partial charge in [-0.3, -0.25) is 9.48 Å². The van der Waals surface area contributed by atoms with E-state index < -0.39 is 0 Å². The number of benzene rings is 1. The van der Waals surface area contributed by atoms with Crippen molar-refractivity contribution >= 4 is 22.6 Å². The van der Waals surface area contributed by atoms with Crippen LogP contribution in [0.25, 0.3) is 10.9 Å². The zero-order chi connectivity index (χ0) is 14.8. The van der Waals surface area contributed by atoms with Gasteiger partial charge in [0.1, 0.15) is 11.4 Å². The number of carbonyl (C=O) groups excluding carboxylic acids is 1. The second-order valence-corrected chi connectivity index (χ2v) is 4.69. The van der Waals surface area contributed by atoms with Gasteiger partial charge in [0.15, 0.2) is 5.82 Å². The first-order chi connectivity index (χ1) is 10.2. The molecule has 0 spiro atoms. The minimum Gasteiger partial charge on any atom is -0.494 e. The third-order valence-electron chi connectivity index (χ3n) is 3.10. The van der Waals surface area contributed by atoms with Crippen LogP contribution in [0.4, 0.5) is 5.82 Å². The van der Waals surface area contributed by atoms with Crippen LogP contribution in [0.5, 0.6) is 5.75 Å². The zero-order valence-corrected chi connectivity index (χ0v) is 11.9. The van der Waals surface area contributed by atoms with Crippen molar-refractivity contribution in [2.45, 2.75) is 6.92 Å². The zero-order valence-electron chi connectivity index (χ0n) is 11.9. The molecule has 6 heteroatoms. The van der Waals surface area contributed by atoms with Gasteiger partial charge < -0.3 is 15.0 Å². The van der Waals surface area contributed by atoms with E-state index in [9.17, 15) is 4.79 Å². The van der Waals surface area contributed by atoms with E-state index in [2.05, 4.69) is 15.4 Å². The van der Waals surface area contributed by atoms with Crippen LogP contribution in [0.2, 0.25) is 0 Å². The van der Waals surface area contributed by atoms with Crippen molar-refractivity contribution in [1.29, 1.82) is 0 Å². The number of ether oxygens (including phenoxy) is 1. The number of hydrogen-bond acceptors (Lipinski definition) is 3. The molecule has 2 N–H and O–H groups in total. The molecule has 3 rings (SSSR count). The number of fused-ring (bicyclic) bond motifs is 1. The number of hydrogen-bond donors (Lipinski definition) is 2. The highest BCUT2D eigenvalue weighted by Gasteiger charge is 2.11. The van der Waals surface area contributed by atoms with E-state index >= 15 is 0 Å². The Labute approximate surface area is 121 Å². The van der Waals surface area contributed by atoms with Crippen molar-refractivity contribution in [2.24, 2.45) is 7.05 Å². The Bertz CT molecular complexity index is 788. The highest BCUT2D eigenvalue weighted by Crippen LogP contribution is 2.22. The first-order valence-corrected chi connectivity index (χ1v) is 6.72. The van der Waals surface area contributed by atoms with Gasteiger partial charge in [0.25, 0.3) is 5.91 Å². The van der Waals surface area contributed by atoms with Crippen molar-refractivity contribution in [1.82, 2.24) is 14.8 Å². The first kappa shape index (κ1) is 13.2. The predicted molar refractivity (Wildman–Crippen MR) is 80.6 cm³/mol. The molecule has 0 aliphatic carbocycles. The fourth-order valence-corrected chi connectivity index (χ4v) is 2.15. The van der Waals surface area contributed by atoms with Gasteiger partial charge in [0.05, 0.1) is 6.61 Å². The minimum atomic E-state index is -0.220. The maximum Gasteiger partial charge on any atom is 0.273 e. The summed E-state index contributed by atoms with van der Waals surface area (Å²) in [5.41, 5.74) is 1.36. The molecular weight excluding hydrogens is 268 g/mol. The van der Waals surface area contributed by atoms with Crippen LogP contribution in [0, 0.1) is 0 Å². The summed E-state index contributed by atoms with van der Waals surface area (Å²) in [6.07, 6.45) is 1.77. The number of aromatic amines is 1. The van der Waals surface area contributed by atoms with Crippen LogP contribution in [0.1, 0.15) is 17.4 Å².